The zero-order valence-corrected chi connectivity index (χ0v) is 19.2. The topological polar surface area (TPSA) is 74.2 Å². The summed E-state index contributed by atoms with van der Waals surface area (Å²) in [6.07, 6.45) is 7.91. The van der Waals surface area contributed by atoms with Gasteiger partial charge in [0.2, 0.25) is 5.91 Å². The Morgan fingerprint density at radius 2 is 1.82 bits per heavy atom. The van der Waals surface area contributed by atoms with E-state index >= 15 is 0 Å². The van der Waals surface area contributed by atoms with Gasteiger partial charge in [0.25, 0.3) is 5.91 Å². The molecule has 168 valence electrons. The molecule has 1 N–H and O–H groups in total. The van der Waals surface area contributed by atoms with Crippen LogP contribution in [-0.4, -0.2) is 68.6 Å². The van der Waals surface area contributed by atoms with Crippen LogP contribution in [0.2, 0.25) is 0 Å². The van der Waals surface area contributed by atoms with E-state index < -0.39 is 0 Å². The van der Waals surface area contributed by atoms with E-state index in [0.29, 0.717) is 38.2 Å². The molecule has 0 spiro atoms. The first kappa shape index (κ1) is 21.3. The minimum absolute atomic E-state index is 0.00797. The number of nitrogens with one attached hydrogen (secondary N) is 1. The average molecular weight is 460 g/mol. The van der Waals surface area contributed by atoms with Gasteiger partial charge >= 0.3 is 0 Å². The molecule has 7 nitrogen and oxygen atoms in total. The van der Waals surface area contributed by atoms with Crippen LogP contribution in [0.4, 0.5) is 0 Å². The van der Waals surface area contributed by atoms with Crippen molar-refractivity contribution in [1.29, 1.82) is 0 Å². The molecule has 0 radical (unpaired) electrons. The summed E-state index contributed by atoms with van der Waals surface area (Å²) in [6, 6.07) is 15.6. The molecule has 1 saturated heterocycles. The fraction of sp³-hybridized carbons (Fsp3) is 0.240. The van der Waals surface area contributed by atoms with Crippen LogP contribution in [0.1, 0.15) is 15.9 Å². The normalized spacial score (nSPS) is 14.1. The van der Waals surface area contributed by atoms with Crippen molar-refractivity contribution >= 4 is 34.5 Å². The Morgan fingerprint density at radius 3 is 2.64 bits per heavy atom. The van der Waals surface area contributed by atoms with Crippen molar-refractivity contribution in [3.63, 3.8) is 0 Å². The van der Waals surface area contributed by atoms with Gasteiger partial charge in [-0.15, -0.1) is 0 Å². The van der Waals surface area contributed by atoms with Gasteiger partial charge in [-0.05, 0) is 36.1 Å². The van der Waals surface area contributed by atoms with Gasteiger partial charge in [-0.2, -0.15) is 0 Å². The molecule has 0 bridgehead atoms. The van der Waals surface area contributed by atoms with Crippen molar-refractivity contribution in [3.05, 3.63) is 78.2 Å². The average Bonchev–Trinajstić information content (AvgIpc) is 3.51. The number of thioether (sulfide) groups is 1. The Kier molecular flexibility index (Phi) is 5.92. The molecule has 0 saturated carbocycles. The predicted molar refractivity (Wildman–Crippen MR) is 130 cm³/mol. The van der Waals surface area contributed by atoms with Gasteiger partial charge in [0.1, 0.15) is 0 Å². The van der Waals surface area contributed by atoms with E-state index in [1.807, 2.05) is 81.5 Å². The largest absolute Gasteiger partial charge is 0.361 e. The molecule has 3 heterocycles. The number of H-pyrrole nitrogens is 1. The van der Waals surface area contributed by atoms with E-state index in [1.54, 1.807) is 18.0 Å². The predicted octanol–water partition coefficient (Wildman–Crippen LogP) is 3.60. The summed E-state index contributed by atoms with van der Waals surface area (Å²) in [5.74, 6) is 0.0879. The number of rotatable bonds is 5. The molecule has 2 aromatic heterocycles. The maximum Gasteiger partial charge on any atom is 0.254 e. The molecule has 0 aliphatic carbocycles. The number of para-hydroxylation sites is 1. The number of carbonyl (C=O) groups excluding carboxylic acids is 2. The van der Waals surface area contributed by atoms with Crippen molar-refractivity contribution < 1.29 is 9.59 Å². The van der Waals surface area contributed by atoms with Gasteiger partial charge in [-0.1, -0.05) is 36.0 Å². The number of aromatic amines is 1. The molecule has 1 aliphatic heterocycles. The zero-order chi connectivity index (χ0) is 22.8. The molecular weight excluding hydrogens is 434 g/mol. The lowest BCUT2D eigenvalue weighted by Crippen LogP contribution is -2.51. The van der Waals surface area contributed by atoms with Crippen LogP contribution in [0.3, 0.4) is 0 Å². The summed E-state index contributed by atoms with van der Waals surface area (Å²) < 4.78 is 1.97. The van der Waals surface area contributed by atoms with E-state index in [1.165, 1.54) is 0 Å². The van der Waals surface area contributed by atoms with E-state index in [0.717, 1.165) is 27.3 Å². The van der Waals surface area contributed by atoms with Crippen LogP contribution in [0, 0.1) is 0 Å². The Hall–Kier alpha value is -3.52. The summed E-state index contributed by atoms with van der Waals surface area (Å²) in [5.41, 5.74) is 3.61. The van der Waals surface area contributed by atoms with E-state index in [2.05, 4.69) is 9.97 Å². The van der Waals surface area contributed by atoms with Crippen LogP contribution in [-0.2, 0) is 11.2 Å². The van der Waals surface area contributed by atoms with Gasteiger partial charge in [0.05, 0.1) is 6.42 Å². The van der Waals surface area contributed by atoms with Gasteiger partial charge in [0.15, 0.2) is 5.16 Å². The van der Waals surface area contributed by atoms with Crippen LogP contribution < -0.4 is 0 Å². The Morgan fingerprint density at radius 1 is 1.03 bits per heavy atom. The highest BCUT2D eigenvalue weighted by atomic mass is 32.2. The number of amides is 2. The molecule has 8 heteroatoms. The van der Waals surface area contributed by atoms with Crippen molar-refractivity contribution in [2.75, 3.05) is 32.4 Å². The molecule has 0 atom stereocenters. The molecule has 1 fully saturated rings. The second kappa shape index (κ2) is 9.15. The lowest BCUT2D eigenvalue weighted by molar-refractivity contribution is -0.131. The Balaban J connectivity index is 1.22. The van der Waals surface area contributed by atoms with Crippen molar-refractivity contribution in [3.8, 4) is 5.69 Å². The van der Waals surface area contributed by atoms with Crippen molar-refractivity contribution in [2.24, 2.45) is 0 Å². The second-order valence-electron chi connectivity index (χ2n) is 8.04. The minimum atomic E-state index is -0.00797. The lowest BCUT2D eigenvalue weighted by atomic mass is 10.1. The quantitative estimate of drug-likeness (QED) is 0.463. The summed E-state index contributed by atoms with van der Waals surface area (Å²) in [5, 5.41) is 1.96. The second-order valence-corrected chi connectivity index (χ2v) is 8.82. The first-order valence-corrected chi connectivity index (χ1v) is 12.2. The van der Waals surface area contributed by atoms with Gasteiger partial charge in [-0.3, -0.25) is 14.2 Å². The third-order valence-electron chi connectivity index (χ3n) is 6.10. The number of hydrogen-bond acceptors (Lipinski definition) is 4. The van der Waals surface area contributed by atoms with Crippen molar-refractivity contribution in [2.45, 2.75) is 11.6 Å². The fourth-order valence-electron chi connectivity index (χ4n) is 4.32. The first-order valence-electron chi connectivity index (χ1n) is 10.9. The van der Waals surface area contributed by atoms with Crippen LogP contribution in [0.5, 0.6) is 0 Å². The highest BCUT2D eigenvalue weighted by Crippen LogP contribution is 2.21. The summed E-state index contributed by atoms with van der Waals surface area (Å²) in [4.78, 5) is 37.3. The Bertz CT molecular complexity index is 1300. The zero-order valence-electron chi connectivity index (χ0n) is 18.4. The van der Waals surface area contributed by atoms with E-state index in [-0.39, 0.29) is 11.8 Å². The maximum atomic E-state index is 13.1. The van der Waals surface area contributed by atoms with Crippen LogP contribution in [0.15, 0.2) is 72.3 Å². The van der Waals surface area contributed by atoms with Crippen LogP contribution >= 0.6 is 11.8 Å². The van der Waals surface area contributed by atoms with Gasteiger partial charge in [-0.25, -0.2) is 4.98 Å². The molecule has 2 aromatic carbocycles. The van der Waals surface area contributed by atoms with Crippen LogP contribution in [0.25, 0.3) is 16.6 Å². The maximum absolute atomic E-state index is 13.1. The number of fused-ring (bicyclic) bond motifs is 1. The number of imidazole rings is 1. The number of hydrogen-bond donors (Lipinski definition) is 1. The third kappa shape index (κ3) is 4.26. The molecule has 5 rings (SSSR count). The number of benzene rings is 2. The highest BCUT2D eigenvalue weighted by Gasteiger charge is 2.25. The smallest absolute Gasteiger partial charge is 0.254 e. The monoisotopic (exact) mass is 459 g/mol. The summed E-state index contributed by atoms with van der Waals surface area (Å²) >= 11 is 1.56. The number of aromatic nitrogens is 3. The van der Waals surface area contributed by atoms with Gasteiger partial charge in [0, 0.05) is 66.9 Å². The molecule has 4 aromatic rings. The van der Waals surface area contributed by atoms with E-state index in [4.69, 9.17) is 0 Å². The molecule has 0 unspecified atom stereocenters. The number of nitrogens with zero attached hydrogens (tertiary/aromatic N) is 4. The number of piperazine rings is 1. The molecule has 1 aliphatic rings. The molecule has 33 heavy (non-hydrogen) atoms. The highest BCUT2D eigenvalue weighted by molar-refractivity contribution is 7.98. The van der Waals surface area contributed by atoms with E-state index in [9.17, 15) is 9.59 Å². The van der Waals surface area contributed by atoms with Gasteiger partial charge < -0.3 is 14.8 Å². The standard InChI is InChI=1S/C25H25N5O2S/c1-33-25-26-9-10-30(25)20-6-4-5-18(15-20)24(32)29-13-11-28(12-14-29)23(31)16-19-17-27-22-8-3-2-7-21(19)22/h2-10,15,17,27H,11-14,16H2,1H3. The Labute approximate surface area is 196 Å². The summed E-state index contributed by atoms with van der Waals surface area (Å²) in [6.45, 7) is 2.16. The SMILES string of the molecule is CSc1nccn1-c1cccc(C(=O)N2CCN(C(=O)Cc3c[nH]c4ccccc34)CC2)c1. The fourth-order valence-corrected chi connectivity index (χ4v) is 4.85. The lowest BCUT2D eigenvalue weighted by Gasteiger charge is -2.35. The molecule has 2 amide bonds. The number of carbonyl (C=O) groups is 2. The first-order chi connectivity index (χ1) is 16.1. The summed E-state index contributed by atoms with van der Waals surface area (Å²) in [7, 11) is 0. The molecular formula is C25H25N5O2S. The third-order valence-corrected chi connectivity index (χ3v) is 6.76. The minimum Gasteiger partial charge on any atom is -0.361 e. The van der Waals surface area contributed by atoms with Crippen molar-refractivity contribution in [1.82, 2.24) is 24.3 Å².